The lowest BCUT2D eigenvalue weighted by Crippen LogP contribution is -2.31. The summed E-state index contributed by atoms with van der Waals surface area (Å²) in [6.07, 6.45) is 1.64. The summed E-state index contributed by atoms with van der Waals surface area (Å²) in [5.41, 5.74) is 1.39. The van der Waals surface area contributed by atoms with Gasteiger partial charge in [0.15, 0.2) is 17.7 Å². The zero-order chi connectivity index (χ0) is 15.5. The van der Waals surface area contributed by atoms with Crippen molar-refractivity contribution in [2.24, 2.45) is 0 Å². The molecule has 0 saturated carbocycles. The third-order valence-electron chi connectivity index (χ3n) is 3.89. The predicted octanol–water partition coefficient (Wildman–Crippen LogP) is 0.841. The van der Waals surface area contributed by atoms with E-state index in [0.29, 0.717) is 11.2 Å². The van der Waals surface area contributed by atoms with Crippen molar-refractivity contribution in [3.8, 4) is 0 Å². The molecule has 0 spiro atoms. The van der Waals surface area contributed by atoms with Crippen LogP contribution in [0.3, 0.4) is 0 Å². The van der Waals surface area contributed by atoms with Gasteiger partial charge >= 0.3 is 0 Å². The molecule has 0 bridgehead atoms. The molecule has 2 fully saturated rings. The van der Waals surface area contributed by atoms with Crippen LogP contribution in [0.5, 0.6) is 0 Å². The van der Waals surface area contributed by atoms with Crippen molar-refractivity contribution in [2.45, 2.75) is 44.2 Å². The maximum Gasteiger partial charge on any atom is 0.166 e. The molecule has 22 heavy (non-hydrogen) atoms. The second-order valence-electron chi connectivity index (χ2n) is 5.80. The third kappa shape index (κ3) is 2.14. The number of aliphatic hydroxyl groups is 1. The van der Waals surface area contributed by atoms with Gasteiger partial charge in [-0.2, -0.15) is 0 Å². The van der Waals surface area contributed by atoms with E-state index in [4.69, 9.17) is 14.2 Å². The average molecular weight is 418 g/mol. The number of aliphatic hydroxyl groups excluding tert-OH is 1. The fourth-order valence-electron chi connectivity index (χ4n) is 3.04. The van der Waals surface area contributed by atoms with Crippen molar-refractivity contribution < 1.29 is 19.3 Å². The Morgan fingerprint density at radius 3 is 2.82 bits per heavy atom. The SMILES string of the molecule is CC1(C)O[C@@H]2[C@H](O1)[C@@H](CO)O[C@H]2n1cnc2c(I)ncnc21. The third-order valence-corrected chi connectivity index (χ3v) is 4.68. The smallest absolute Gasteiger partial charge is 0.166 e. The summed E-state index contributed by atoms with van der Waals surface area (Å²) in [5, 5.41) is 9.54. The number of aromatic nitrogens is 4. The van der Waals surface area contributed by atoms with Crippen LogP contribution in [0.2, 0.25) is 0 Å². The molecule has 1 N–H and O–H groups in total. The second-order valence-corrected chi connectivity index (χ2v) is 6.82. The van der Waals surface area contributed by atoms with Crippen molar-refractivity contribution in [2.75, 3.05) is 6.61 Å². The lowest BCUT2D eigenvalue weighted by Gasteiger charge is -2.24. The molecule has 2 aliphatic rings. The monoisotopic (exact) mass is 418 g/mol. The van der Waals surface area contributed by atoms with Crippen molar-refractivity contribution in [1.82, 2.24) is 19.5 Å². The van der Waals surface area contributed by atoms with E-state index in [1.165, 1.54) is 6.33 Å². The van der Waals surface area contributed by atoms with Gasteiger partial charge in [0.25, 0.3) is 0 Å². The Morgan fingerprint density at radius 1 is 1.27 bits per heavy atom. The number of ether oxygens (including phenoxy) is 3. The average Bonchev–Trinajstić information content (AvgIpc) is 3.10. The minimum absolute atomic E-state index is 0.129. The van der Waals surface area contributed by atoms with Crippen molar-refractivity contribution >= 4 is 33.8 Å². The predicted molar refractivity (Wildman–Crippen MR) is 82.9 cm³/mol. The Hall–Kier alpha value is -0.880. The fourth-order valence-corrected chi connectivity index (χ4v) is 3.54. The van der Waals surface area contributed by atoms with Crippen LogP contribution in [0.4, 0.5) is 0 Å². The molecule has 0 aromatic carbocycles. The van der Waals surface area contributed by atoms with E-state index in [9.17, 15) is 5.11 Å². The van der Waals surface area contributed by atoms with Gasteiger partial charge in [0, 0.05) is 0 Å². The highest BCUT2D eigenvalue weighted by Gasteiger charge is 2.55. The van der Waals surface area contributed by atoms with Crippen molar-refractivity contribution in [3.63, 3.8) is 0 Å². The van der Waals surface area contributed by atoms with Crippen LogP contribution in [0.1, 0.15) is 20.1 Å². The number of hydrogen-bond acceptors (Lipinski definition) is 7. The number of fused-ring (bicyclic) bond motifs is 2. The Balaban J connectivity index is 1.77. The van der Waals surface area contributed by atoms with Crippen molar-refractivity contribution in [1.29, 1.82) is 0 Å². The van der Waals surface area contributed by atoms with Crippen LogP contribution >= 0.6 is 22.6 Å². The molecule has 118 valence electrons. The van der Waals surface area contributed by atoms with E-state index >= 15 is 0 Å². The molecule has 2 aliphatic heterocycles. The minimum Gasteiger partial charge on any atom is -0.394 e. The first-order valence-electron chi connectivity index (χ1n) is 6.95. The molecule has 4 heterocycles. The van der Waals surface area contributed by atoms with Gasteiger partial charge in [0.2, 0.25) is 0 Å². The largest absolute Gasteiger partial charge is 0.394 e. The molecule has 4 rings (SSSR count). The molecule has 0 aliphatic carbocycles. The molecular weight excluding hydrogens is 403 g/mol. The van der Waals surface area contributed by atoms with Crippen LogP contribution in [0, 0.1) is 3.70 Å². The maximum absolute atomic E-state index is 9.54. The number of halogens is 1. The van der Waals surface area contributed by atoms with Gasteiger partial charge in [-0.3, -0.25) is 4.57 Å². The van der Waals surface area contributed by atoms with E-state index in [2.05, 4.69) is 37.5 Å². The maximum atomic E-state index is 9.54. The van der Waals surface area contributed by atoms with Gasteiger partial charge < -0.3 is 19.3 Å². The minimum atomic E-state index is -0.704. The van der Waals surface area contributed by atoms with E-state index in [-0.39, 0.29) is 18.8 Å². The summed E-state index contributed by atoms with van der Waals surface area (Å²) < 4.78 is 20.3. The quantitative estimate of drug-likeness (QED) is 0.571. The molecule has 2 aromatic heterocycles. The summed E-state index contributed by atoms with van der Waals surface area (Å²) >= 11 is 2.12. The standard InChI is InChI=1S/C13H15IN4O4/c1-13(2)21-8-6(3-19)20-12(9(8)22-13)18-5-17-7-10(14)15-4-16-11(7)18/h4-6,8-9,12,19H,3H2,1-2H3/t6-,8-,9-,12-/m1/s1. The summed E-state index contributed by atoms with van der Waals surface area (Å²) in [6, 6.07) is 0. The van der Waals surface area contributed by atoms with Crippen molar-refractivity contribution in [3.05, 3.63) is 16.4 Å². The van der Waals surface area contributed by atoms with Gasteiger partial charge in [0.05, 0.1) is 12.9 Å². The highest BCUT2D eigenvalue weighted by atomic mass is 127. The second kappa shape index (κ2) is 5.06. The van der Waals surface area contributed by atoms with Crippen LogP contribution in [-0.2, 0) is 14.2 Å². The molecule has 0 unspecified atom stereocenters. The summed E-state index contributed by atoms with van der Waals surface area (Å²) in [5.74, 6) is -0.704. The Kier molecular flexibility index (Phi) is 3.38. The Morgan fingerprint density at radius 2 is 2.05 bits per heavy atom. The van der Waals surface area contributed by atoms with E-state index in [0.717, 1.165) is 3.70 Å². The first-order chi connectivity index (χ1) is 10.5. The highest BCUT2D eigenvalue weighted by molar-refractivity contribution is 14.1. The summed E-state index contributed by atoms with van der Waals surface area (Å²) in [4.78, 5) is 12.8. The highest BCUT2D eigenvalue weighted by Crippen LogP contribution is 2.43. The molecule has 0 amide bonds. The Bertz CT molecular complexity index is 721. The lowest BCUT2D eigenvalue weighted by atomic mass is 10.1. The topological polar surface area (TPSA) is 91.5 Å². The molecule has 4 atom stereocenters. The van der Waals surface area contributed by atoms with Gasteiger partial charge in [-0.05, 0) is 36.4 Å². The van der Waals surface area contributed by atoms with E-state index in [1.54, 1.807) is 6.33 Å². The first kappa shape index (κ1) is 14.7. The molecule has 9 heteroatoms. The Labute approximate surface area is 139 Å². The molecule has 0 radical (unpaired) electrons. The molecule has 2 aromatic rings. The number of rotatable bonds is 2. The van der Waals surface area contributed by atoms with Crippen LogP contribution < -0.4 is 0 Å². The van der Waals surface area contributed by atoms with Gasteiger partial charge in [-0.15, -0.1) is 0 Å². The normalized spacial score (nSPS) is 33.5. The van der Waals surface area contributed by atoms with Crippen LogP contribution in [0.15, 0.2) is 12.7 Å². The molecule has 2 saturated heterocycles. The fraction of sp³-hybridized carbons (Fsp3) is 0.615. The van der Waals surface area contributed by atoms with Gasteiger partial charge in [-0.25, -0.2) is 15.0 Å². The number of hydrogen-bond donors (Lipinski definition) is 1. The molecular formula is C13H15IN4O4. The lowest BCUT2D eigenvalue weighted by molar-refractivity contribution is -0.199. The van der Waals surface area contributed by atoms with Gasteiger partial charge in [0.1, 0.15) is 33.9 Å². The van der Waals surface area contributed by atoms with E-state index in [1.807, 2.05) is 18.4 Å². The van der Waals surface area contributed by atoms with E-state index < -0.39 is 18.1 Å². The summed E-state index contributed by atoms with van der Waals surface area (Å²) in [7, 11) is 0. The van der Waals surface area contributed by atoms with Crippen LogP contribution in [-0.4, -0.2) is 55.3 Å². The van der Waals surface area contributed by atoms with Gasteiger partial charge in [-0.1, -0.05) is 0 Å². The zero-order valence-corrected chi connectivity index (χ0v) is 14.2. The number of imidazole rings is 1. The van der Waals surface area contributed by atoms with Crippen LogP contribution in [0.25, 0.3) is 11.2 Å². The molecule has 8 nitrogen and oxygen atoms in total. The summed E-state index contributed by atoms with van der Waals surface area (Å²) in [6.45, 7) is 3.58. The number of nitrogens with zero attached hydrogens (tertiary/aromatic N) is 4. The first-order valence-corrected chi connectivity index (χ1v) is 8.03. The zero-order valence-electron chi connectivity index (χ0n) is 12.0.